The molecule has 7 heteroatoms. The number of aromatic nitrogens is 1. The van der Waals surface area contributed by atoms with Gasteiger partial charge in [0.05, 0.1) is 11.6 Å². The van der Waals surface area contributed by atoms with Crippen molar-refractivity contribution in [3.8, 4) is 12.3 Å². The zero-order valence-corrected chi connectivity index (χ0v) is 20.9. The summed E-state index contributed by atoms with van der Waals surface area (Å²) in [4.78, 5) is 22.8. The lowest BCUT2D eigenvalue weighted by molar-refractivity contribution is -0.130. The average Bonchev–Trinajstić information content (AvgIpc) is 3.25. The van der Waals surface area contributed by atoms with Crippen LogP contribution in [0.1, 0.15) is 49.0 Å². The molecule has 1 fully saturated rings. The summed E-state index contributed by atoms with van der Waals surface area (Å²) in [5.74, 6) is 0.686. The fourth-order valence-electron chi connectivity index (χ4n) is 5.73. The van der Waals surface area contributed by atoms with Gasteiger partial charge in [-0.3, -0.25) is 4.79 Å². The summed E-state index contributed by atoms with van der Waals surface area (Å²) >= 11 is 0. The first-order valence-corrected chi connectivity index (χ1v) is 12.7. The fourth-order valence-corrected chi connectivity index (χ4v) is 5.73. The van der Waals surface area contributed by atoms with Crippen molar-refractivity contribution in [1.82, 2.24) is 14.8 Å². The number of unbranched alkanes of at least 4 members (excludes halogenated alkanes) is 1. The van der Waals surface area contributed by atoms with Crippen molar-refractivity contribution >= 4 is 22.5 Å². The molecule has 1 aromatic heterocycles. The van der Waals surface area contributed by atoms with Crippen LogP contribution < -0.4 is 4.90 Å². The Balaban J connectivity index is 1.61. The number of benzene rings is 2. The first-order chi connectivity index (χ1) is 17.4. The van der Waals surface area contributed by atoms with Crippen molar-refractivity contribution in [3.63, 3.8) is 0 Å². The van der Waals surface area contributed by atoms with Crippen molar-refractivity contribution in [1.29, 1.82) is 0 Å². The highest BCUT2D eigenvalue weighted by atomic mass is 19.1. The molecule has 2 aliphatic heterocycles. The number of rotatable bonds is 5. The Morgan fingerprint density at radius 1 is 1.14 bits per heavy atom. The number of halogens is 2. The third-order valence-corrected chi connectivity index (χ3v) is 7.68. The van der Waals surface area contributed by atoms with Crippen LogP contribution >= 0.6 is 0 Å². The van der Waals surface area contributed by atoms with Crippen molar-refractivity contribution in [3.05, 3.63) is 64.9 Å². The fraction of sp³-hybridized carbons (Fsp3) is 0.414. The van der Waals surface area contributed by atoms with Gasteiger partial charge in [0.25, 0.3) is 5.91 Å². The predicted molar refractivity (Wildman–Crippen MR) is 139 cm³/mol. The Morgan fingerprint density at radius 2 is 1.86 bits per heavy atom. The number of hydrogen-bond acceptors (Lipinski definition) is 3. The maximum Gasteiger partial charge on any atom is 0.299 e. The molecule has 0 radical (unpaired) electrons. The molecule has 2 atom stereocenters. The molecule has 5 rings (SSSR count). The van der Waals surface area contributed by atoms with Crippen molar-refractivity contribution in [2.24, 2.45) is 0 Å². The lowest BCUT2D eigenvalue weighted by Gasteiger charge is -2.42. The highest BCUT2D eigenvalue weighted by Crippen LogP contribution is 2.43. The first kappa shape index (κ1) is 24.3. The van der Waals surface area contributed by atoms with Crippen LogP contribution in [-0.4, -0.2) is 60.0 Å². The Morgan fingerprint density at radius 3 is 2.53 bits per heavy atom. The van der Waals surface area contributed by atoms with E-state index in [1.807, 2.05) is 12.1 Å². The molecule has 3 aromatic rings. The van der Waals surface area contributed by atoms with Gasteiger partial charge in [0.15, 0.2) is 0 Å². The van der Waals surface area contributed by atoms with Crippen molar-refractivity contribution < 1.29 is 13.6 Å². The van der Waals surface area contributed by atoms with Gasteiger partial charge in [-0.15, -0.1) is 6.42 Å². The number of nitrogens with one attached hydrogen (secondary N) is 1. The number of piperazine rings is 1. The van der Waals surface area contributed by atoms with E-state index in [1.54, 1.807) is 4.90 Å². The van der Waals surface area contributed by atoms with Crippen LogP contribution in [0.5, 0.6) is 0 Å². The normalized spacial score (nSPS) is 20.4. The van der Waals surface area contributed by atoms with E-state index >= 15 is 0 Å². The molecular formula is C29H32F2N4O. The minimum atomic E-state index is -0.636. The number of H-pyrrole nitrogens is 1. The van der Waals surface area contributed by atoms with Gasteiger partial charge < -0.3 is 19.7 Å². The lowest BCUT2D eigenvalue weighted by Crippen LogP contribution is -2.47. The molecular weight excluding hydrogens is 458 g/mol. The number of nitrogens with zero attached hydrogens (tertiary/aromatic N) is 3. The van der Waals surface area contributed by atoms with E-state index in [4.69, 9.17) is 6.42 Å². The summed E-state index contributed by atoms with van der Waals surface area (Å²) in [5.41, 5.74) is 3.86. The number of carbonyl (C=O) groups excluding carboxylic acids is 1. The minimum absolute atomic E-state index is 0.159. The minimum Gasteiger partial charge on any atom is -0.369 e. The molecule has 0 saturated carbocycles. The van der Waals surface area contributed by atoms with Gasteiger partial charge >= 0.3 is 0 Å². The molecule has 1 saturated heterocycles. The van der Waals surface area contributed by atoms with Crippen LogP contribution in [0.4, 0.5) is 14.5 Å². The first-order valence-electron chi connectivity index (χ1n) is 12.7. The predicted octanol–water partition coefficient (Wildman–Crippen LogP) is 4.86. The average molecular weight is 491 g/mol. The number of likely N-dealkylation sites (N-methyl/N-ethyl adjacent to an activating group) is 1. The van der Waals surface area contributed by atoms with Gasteiger partial charge in [-0.25, -0.2) is 8.78 Å². The van der Waals surface area contributed by atoms with E-state index in [1.165, 1.54) is 6.07 Å². The standard InChI is InChI=1S/C29H32F2N4O/c1-4-6-7-22-18-24-23-16-20(30)17-25(31)27(23)32-28(24)29(35(22)26(36)5-2)19-8-10-21(11-9-19)34-14-12-33(3)13-15-34/h2,8-11,16-17,22,29,32H,4,6-7,12-15,18H2,1,3H3/t22-,29-/m0/s1. The molecule has 0 aliphatic carbocycles. The number of carbonyl (C=O) groups is 1. The molecule has 0 unspecified atom stereocenters. The zero-order chi connectivity index (χ0) is 25.4. The Hall–Kier alpha value is -3.37. The number of aromatic amines is 1. The molecule has 2 aromatic carbocycles. The smallest absolute Gasteiger partial charge is 0.299 e. The van der Waals surface area contributed by atoms with Gasteiger partial charge in [-0.05, 0) is 55.1 Å². The van der Waals surface area contributed by atoms with E-state index in [2.05, 4.69) is 46.8 Å². The van der Waals surface area contributed by atoms with Crippen LogP contribution in [0, 0.1) is 24.0 Å². The monoisotopic (exact) mass is 490 g/mol. The van der Waals surface area contributed by atoms with Gasteiger partial charge in [0.2, 0.25) is 0 Å². The van der Waals surface area contributed by atoms with E-state index in [0.29, 0.717) is 17.5 Å². The molecule has 0 bridgehead atoms. The van der Waals surface area contributed by atoms with Gasteiger partial charge in [-0.2, -0.15) is 0 Å². The third kappa shape index (κ3) is 4.35. The Labute approximate surface area is 211 Å². The van der Waals surface area contributed by atoms with E-state index in [9.17, 15) is 13.6 Å². The number of hydrogen-bond donors (Lipinski definition) is 1. The summed E-state index contributed by atoms with van der Waals surface area (Å²) in [5, 5.41) is 0.538. The second kappa shape index (κ2) is 9.94. The maximum atomic E-state index is 14.8. The molecule has 188 valence electrons. The highest BCUT2D eigenvalue weighted by molar-refractivity contribution is 5.95. The maximum absolute atomic E-state index is 14.8. The molecule has 0 spiro atoms. The zero-order valence-electron chi connectivity index (χ0n) is 20.9. The highest BCUT2D eigenvalue weighted by Gasteiger charge is 2.40. The quantitative estimate of drug-likeness (QED) is 0.520. The summed E-state index contributed by atoms with van der Waals surface area (Å²) in [7, 11) is 2.13. The van der Waals surface area contributed by atoms with E-state index < -0.39 is 17.7 Å². The van der Waals surface area contributed by atoms with E-state index in [-0.39, 0.29) is 17.5 Å². The second-order valence-electron chi connectivity index (χ2n) is 9.97. The third-order valence-electron chi connectivity index (χ3n) is 7.68. The lowest BCUT2D eigenvalue weighted by atomic mass is 9.86. The largest absolute Gasteiger partial charge is 0.369 e. The van der Waals surface area contributed by atoms with Crippen LogP contribution in [0.2, 0.25) is 0 Å². The summed E-state index contributed by atoms with van der Waals surface area (Å²) in [6, 6.07) is 9.84. The molecule has 3 heterocycles. The second-order valence-corrected chi connectivity index (χ2v) is 9.97. The van der Waals surface area contributed by atoms with E-state index in [0.717, 1.165) is 68.3 Å². The molecule has 1 N–H and O–H groups in total. The molecule has 1 amide bonds. The van der Waals surface area contributed by atoms with Gasteiger partial charge in [-0.1, -0.05) is 31.9 Å². The van der Waals surface area contributed by atoms with Crippen LogP contribution in [-0.2, 0) is 11.2 Å². The van der Waals surface area contributed by atoms with Gasteiger partial charge in [0.1, 0.15) is 11.6 Å². The molecule has 5 nitrogen and oxygen atoms in total. The van der Waals surface area contributed by atoms with Gasteiger partial charge in [0, 0.05) is 55.1 Å². The summed E-state index contributed by atoms with van der Waals surface area (Å²) in [6.45, 7) is 6.03. The number of terminal acetylenes is 1. The molecule has 36 heavy (non-hydrogen) atoms. The summed E-state index contributed by atoms with van der Waals surface area (Å²) in [6.07, 6.45) is 8.80. The summed E-state index contributed by atoms with van der Waals surface area (Å²) < 4.78 is 29.0. The molecule has 2 aliphatic rings. The Kier molecular flexibility index (Phi) is 6.72. The van der Waals surface area contributed by atoms with Crippen LogP contribution in [0.25, 0.3) is 10.9 Å². The number of anilines is 1. The van der Waals surface area contributed by atoms with Crippen molar-refractivity contribution in [2.75, 3.05) is 38.1 Å². The van der Waals surface area contributed by atoms with Crippen LogP contribution in [0.3, 0.4) is 0 Å². The number of amides is 1. The number of fused-ring (bicyclic) bond motifs is 3. The SMILES string of the molecule is C#CC(=O)N1[C@@H](CCCC)Cc2c([nH]c3c(F)cc(F)cc23)[C@@H]1c1ccc(N2CCN(C)CC2)cc1. The van der Waals surface area contributed by atoms with Crippen LogP contribution in [0.15, 0.2) is 36.4 Å². The topological polar surface area (TPSA) is 42.6 Å². The van der Waals surface area contributed by atoms with Crippen molar-refractivity contribution in [2.45, 2.75) is 44.7 Å². The Bertz CT molecular complexity index is 1300.